The molecule has 0 amide bonds. The maximum absolute atomic E-state index is 12.8. The maximum Gasteiger partial charge on any atom is 0.200 e. The highest BCUT2D eigenvalue weighted by molar-refractivity contribution is 8.11. The van der Waals surface area contributed by atoms with Crippen LogP contribution in [-0.2, 0) is 0 Å². The van der Waals surface area contributed by atoms with Gasteiger partial charge in [-0.05, 0) is 0 Å². The van der Waals surface area contributed by atoms with E-state index in [4.69, 9.17) is 0 Å². The van der Waals surface area contributed by atoms with Crippen LogP contribution < -0.4 is 0 Å². The van der Waals surface area contributed by atoms with Gasteiger partial charge in [0.1, 0.15) is 0 Å². The number of hydrogen-bond donors (Lipinski definition) is 1. The van der Waals surface area contributed by atoms with Gasteiger partial charge in [0, 0.05) is 0 Å². The van der Waals surface area contributed by atoms with E-state index in [-0.39, 0.29) is 0 Å². The van der Waals surface area contributed by atoms with Gasteiger partial charge >= 0.3 is 0 Å². The lowest BCUT2D eigenvalue weighted by Gasteiger charge is -2.05. The van der Waals surface area contributed by atoms with E-state index in [1.807, 2.05) is 13.8 Å². The van der Waals surface area contributed by atoms with Crippen LogP contribution in [0.3, 0.4) is 0 Å². The third-order valence-electron chi connectivity index (χ3n) is 1.42. The molecule has 0 heterocycles. The highest BCUT2D eigenvalue weighted by Gasteiger charge is 2.26. The van der Waals surface area contributed by atoms with Crippen molar-refractivity contribution in [3.63, 3.8) is 0 Å². The van der Waals surface area contributed by atoms with E-state index in [0.29, 0.717) is 0 Å². The molecule has 0 atom stereocenters. The molecule has 0 aromatic heterocycles. The molecule has 1 aromatic carbocycles. The minimum atomic E-state index is -2.21. The third kappa shape index (κ3) is 2.70. The zero-order valence-corrected chi connectivity index (χ0v) is 9.96. The molecule has 1 aromatic rings. The molecule has 0 N–H and O–H groups in total. The smallest absolute Gasteiger partial charge is 0.200 e. The highest BCUT2D eigenvalue weighted by Crippen LogP contribution is 2.24. The van der Waals surface area contributed by atoms with Gasteiger partial charge in [0.25, 0.3) is 0 Å². The summed E-state index contributed by atoms with van der Waals surface area (Å²) in [7, 11) is 0. The molecule has 0 spiro atoms. The molecular weight excluding hydrogens is 267 g/mol. The van der Waals surface area contributed by atoms with Crippen molar-refractivity contribution < 1.29 is 22.0 Å². The Kier molecular flexibility index (Phi) is 5.88. The second-order valence-electron chi connectivity index (χ2n) is 2.25. The van der Waals surface area contributed by atoms with Gasteiger partial charge < -0.3 is 0 Å². The molecule has 0 aliphatic heterocycles. The van der Waals surface area contributed by atoms with Crippen LogP contribution in [0, 0.1) is 29.1 Å². The van der Waals surface area contributed by atoms with Crippen molar-refractivity contribution in [2.75, 3.05) is 0 Å². The van der Waals surface area contributed by atoms with Crippen LogP contribution in [0.15, 0.2) is 0 Å². The number of hydrogen-bond acceptors (Lipinski definition) is 1. The second kappa shape index (κ2) is 6.15. The molecule has 0 aliphatic rings. The van der Waals surface area contributed by atoms with Gasteiger partial charge in [-0.25, -0.2) is 22.0 Å². The summed E-state index contributed by atoms with van der Waals surface area (Å²) in [5.41, 5.74) is -1.18. The summed E-state index contributed by atoms with van der Waals surface area (Å²) in [5.74, 6) is -10.2. The molecule has 0 saturated heterocycles. The van der Waals surface area contributed by atoms with Crippen LogP contribution in [0.1, 0.15) is 19.4 Å². The van der Waals surface area contributed by atoms with Gasteiger partial charge in [0.2, 0.25) is 5.82 Å². The van der Waals surface area contributed by atoms with Crippen molar-refractivity contribution in [2.45, 2.75) is 13.8 Å². The maximum atomic E-state index is 12.8. The fourth-order valence-electron chi connectivity index (χ4n) is 0.793. The quantitative estimate of drug-likeness (QED) is 0.265. The van der Waals surface area contributed by atoms with E-state index in [0.717, 1.165) is 0 Å². The predicted octanol–water partition coefficient (Wildman–Crippen LogP) is 4.01. The minimum absolute atomic E-state index is 0.696. The molecule has 0 radical (unpaired) electrons. The van der Waals surface area contributed by atoms with E-state index in [1.165, 1.54) is 0 Å². The topological polar surface area (TPSA) is 0 Å². The molecule has 7 heteroatoms. The lowest BCUT2D eigenvalue weighted by atomic mass is 10.2. The molecular formula is C9H7F5S2. The summed E-state index contributed by atoms with van der Waals surface area (Å²) in [6.45, 7) is 4.00. The first-order valence-corrected chi connectivity index (χ1v) is 4.98. The van der Waals surface area contributed by atoms with E-state index >= 15 is 0 Å². The predicted molar refractivity (Wildman–Crippen MR) is 58.3 cm³/mol. The van der Waals surface area contributed by atoms with Gasteiger partial charge in [-0.3, -0.25) is 0 Å². The van der Waals surface area contributed by atoms with Gasteiger partial charge in [0.15, 0.2) is 23.3 Å². The summed E-state index contributed by atoms with van der Waals surface area (Å²) in [4.78, 5) is 0. The number of rotatable bonds is 1. The molecule has 90 valence electrons. The molecule has 1 rings (SSSR count). The van der Waals surface area contributed by atoms with Crippen molar-refractivity contribution in [2.24, 2.45) is 0 Å². The zero-order chi connectivity index (χ0) is 13.0. The summed E-state index contributed by atoms with van der Waals surface area (Å²) < 4.78 is 62.4. The Bertz CT molecular complexity index is 388. The van der Waals surface area contributed by atoms with Gasteiger partial charge in [-0.2, -0.15) is 0 Å². The lowest BCUT2D eigenvalue weighted by molar-refractivity contribution is 0.377. The Morgan fingerprint density at radius 2 is 1.06 bits per heavy atom. The van der Waals surface area contributed by atoms with Crippen LogP contribution >= 0.6 is 24.8 Å². The van der Waals surface area contributed by atoms with E-state index in [9.17, 15) is 22.0 Å². The Labute approximate surface area is 99.9 Å². The van der Waals surface area contributed by atoms with Crippen molar-refractivity contribution in [1.82, 2.24) is 0 Å². The van der Waals surface area contributed by atoms with Crippen molar-refractivity contribution in [1.29, 1.82) is 0 Å². The SMILES string of the molecule is CC.Fc1c(F)c(F)c(C(=S)S)c(F)c1F. The Balaban J connectivity index is 0.00000106. The zero-order valence-electron chi connectivity index (χ0n) is 8.25. The molecule has 16 heavy (non-hydrogen) atoms. The third-order valence-corrected chi connectivity index (χ3v) is 1.85. The molecule has 0 bridgehead atoms. The van der Waals surface area contributed by atoms with Gasteiger partial charge in [-0.1, -0.05) is 26.1 Å². The minimum Gasteiger partial charge on any atom is -0.203 e. The van der Waals surface area contributed by atoms with Crippen LogP contribution in [-0.4, -0.2) is 4.20 Å². The average Bonchev–Trinajstić information content (AvgIpc) is 2.26. The molecule has 0 aliphatic carbocycles. The number of benzene rings is 1. The van der Waals surface area contributed by atoms with Crippen molar-refractivity contribution >= 4 is 29.0 Å². The summed E-state index contributed by atoms with van der Waals surface area (Å²) in [6.07, 6.45) is 0. The van der Waals surface area contributed by atoms with E-state index in [1.54, 1.807) is 0 Å². The number of thiocarbonyl (C=S) groups is 1. The van der Waals surface area contributed by atoms with Crippen LogP contribution in [0.5, 0.6) is 0 Å². The Hall–Kier alpha value is -0.690. The average molecular weight is 274 g/mol. The normalized spacial score (nSPS) is 9.50. The Morgan fingerprint density at radius 1 is 0.812 bits per heavy atom. The van der Waals surface area contributed by atoms with Gasteiger partial charge in [0.05, 0.1) is 9.76 Å². The second-order valence-corrected chi connectivity index (χ2v) is 3.41. The summed E-state index contributed by atoms with van der Waals surface area (Å²) >= 11 is 7.58. The van der Waals surface area contributed by atoms with Crippen LogP contribution in [0.25, 0.3) is 0 Å². The van der Waals surface area contributed by atoms with Crippen LogP contribution in [0.4, 0.5) is 22.0 Å². The largest absolute Gasteiger partial charge is 0.203 e. The fraction of sp³-hybridized carbons (Fsp3) is 0.222. The summed E-state index contributed by atoms with van der Waals surface area (Å²) in [5, 5.41) is 0. The standard InChI is InChI=1S/C7HF5S2.C2H6/c8-2-1(7(13)14)3(9)5(11)6(12)4(2)10;1-2/h(H,13,14);1-2H3. The first-order valence-electron chi connectivity index (χ1n) is 4.12. The number of thiol groups is 1. The van der Waals surface area contributed by atoms with E-state index < -0.39 is 38.8 Å². The highest BCUT2D eigenvalue weighted by atomic mass is 32.1. The molecule has 0 saturated carbocycles. The first-order chi connectivity index (χ1) is 7.37. The molecule has 0 fully saturated rings. The van der Waals surface area contributed by atoms with E-state index in [2.05, 4.69) is 24.8 Å². The molecule has 0 unspecified atom stereocenters. The van der Waals surface area contributed by atoms with Crippen molar-refractivity contribution in [3.05, 3.63) is 34.6 Å². The number of halogens is 5. The van der Waals surface area contributed by atoms with Crippen LogP contribution in [0.2, 0.25) is 0 Å². The monoisotopic (exact) mass is 274 g/mol. The van der Waals surface area contributed by atoms with Crippen molar-refractivity contribution in [3.8, 4) is 0 Å². The Morgan fingerprint density at radius 3 is 1.31 bits per heavy atom. The van der Waals surface area contributed by atoms with Gasteiger partial charge in [-0.15, -0.1) is 12.6 Å². The fourth-order valence-corrected chi connectivity index (χ4v) is 1.17. The summed E-state index contributed by atoms with van der Waals surface area (Å²) in [6, 6.07) is 0. The molecule has 0 nitrogen and oxygen atoms in total. The first kappa shape index (κ1) is 15.3. The lowest BCUT2D eigenvalue weighted by Crippen LogP contribution is -2.08.